The van der Waals surface area contributed by atoms with Crippen LogP contribution in [0.4, 0.5) is 4.39 Å². The van der Waals surface area contributed by atoms with E-state index in [4.69, 9.17) is 16.3 Å². The van der Waals surface area contributed by atoms with E-state index in [1.165, 1.54) is 12.5 Å². The number of halogens is 2. The molecule has 0 aromatic heterocycles. The SMILES string of the molecule is C=C(C)C(=NCc1ccc(Cl)cc1F)NC(=NC)c1ccc(OCC2CCCN2)cc1. The van der Waals surface area contributed by atoms with Crippen molar-refractivity contribution in [2.24, 2.45) is 9.98 Å². The lowest BCUT2D eigenvalue weighted by Crippen LogP contribution is -2.32. The van der Waals surface area contributed by atoms with Crippen molar-refractivity contribution in [3.05, 3.63) is 76.6 Å². The molecule has 0 radical (unpaired) electrons. The Kier molecular flexibility index (Phi) is 8.20. The largest absolute Gasteiger partial charge is 0.492 e. The molecule has 1 fully saturated rings. The first-order valence-corrected chi connectivity index (χ1v) is 10.7. The summed E-state index contributed by atoms with van der Waals surface area (Å²) in [6.07, 6.45) is 2.35. The van der Waals surface area contributed by atoms with E-state index < -0.39 is 0 Å². The van der Waals surface area contributed by atoms with Crippen LogP contribution in [0.25, 0.3) is 0 Å². The highest BCUT2D eigenvalue weighted by Gasteiger charge is 2.14. The van der Waals surface area contributed by atoms with Gasteiger partial charge in [-0.05, 0) is 68.3 Å². The molecule has 1 aliphatic rings. The first-order chi connectivity index (χ1) is 15.0. The van der Waals surface area contributed by atoms with E-state index in [0.29, 0.717) is 34.9 Å². The molecule has 3 rings (SSSR count). The lowest BCUT2D eigenvalue weighted by molar-refractivity contribution is 0.277. The molecule has 1 saturated heterocycles. The second-order valence-corrected chi connectivity index (χ2v) is 7.94. The van der Waals surface area contributed by atoms with Gasteiger partial charge in [0.1, 0.15) is 29.8 Å². The number of nitrogens with one attached hydrogen (secondary N) is 2. The average molecular weight is 443 g/mol. The van der Waals surface area contributed by atoms with Crippen LogP contribution >= 0.6 is 11.6 Å². The summed E-state index contributed by atoms with van der Waals surface area (Å²) >= 11 is 5.82. The molecule has 2 N–H and O–H groups in total. The molecule has 1 heterocycles. The van der Waals surface area contributed by atoms with Gasteiger partial charge >= 0.3 is 0 Å². The normalized spacial score (nSPS) is 17.0. The molecule has 164 valence electrons. The summed E-state index contributed by atoms with van der Waals surface area (Å²) in [5.41, 5.74) is 2.07. The molecule has 2 aromatic rings. The van der Waals surface area contributed by atoms with Crippen molar-refractivity contribution in [2.45, 2.75) is 32.4 Å². The van der Waals surface area contributed by atoms with Crippen molar-refractivity contribution in [1.82, 2.24) is 10.6 Å². The van der Waals surface area contributed by atoms with E-state index in [1.54, 1.807) is 19.2 Å². The van der Waals surface area contributed by atoms with E-state index in [2.05, 4.69) is 27.2 Å². The Morgan fingerprint density at radius 1 is 1.29 bits per heavy atom. The van der Waals surface area contributed by atoms with Gasteiger partial charge in [-0.25, -0.2) is 4.39 Å². The van der Waals surface area contributed by atoms with Gasteiger partial charge in [0.2, 0.25) is 0 Å². The molecule has 2 aromatic carbocycles. The molecular weight excluding hydrogens is 415 g/mol. The number of rotatable bonds is 7. The summed E-state index contributed by atoms with van der Waals surface area (Å²) in [6, 6.07) is 12.7. The Morgan fingerprint density at radius 3 is 2.68 bits per heavy atom. The Bertz CT molecular complexity index is 966. The zero-order valence-corrected chi connectivity index (χ0v) is 18.7. The summed E-state index contributed by atoms with van der Waals surface area (Å²) in [6.45, 7) is 7.70. The second-order valence-electron chi connectivity index (χ2n) is 7.51. The number of aliphatic imine (C=N–C) groups is 2. The van der Waals surface area contributed by atoms with Crippen molar-refractivity contribution in [1.29, 1.82) is 0 Å². The molecule has 0 saturated carbocycles. The Balaban J connectivity index is 1.66. The van der Waals surface area contributed by atoms with Crippen LogP contribution < -0.4 is 15.4 Å². The van der Waals surface area contributed by atoms with E-state index in [-0.39, 0.29) is 12.4 Å². The summed E-state index contributed by atoms with van der Waals surface area (Å²) in [7, 11) is 1.70. The van der Waals surface area contributed by atoms with Crippen molar-refractivity contribution >= 4 is 23.3 Å². The van der Waals surface area contributed by atoms with Crippen LogP contribution in [-0.4, -0.2) is 37.9 Å². The molecule has 0 spiro atoms. The zero-order chi connectivity index (χ0) is 22.2. The first-order valence-electron chi connectivity index (χ1n) is 10.3. The van der Waals surface area contributed by atoms with Gasteiger partial charge in [0, 0.05) is 29.2 Å². The van der Waals surface area contributed by atoms with Crippen LogP contribution in [0.5, 0.6) is 5.75 Å². The van der Waals surface area contributed by atoms with Crippen LogP contribution in [0.1, 0.15) is 30.9 Å². The number of hydrogen-bond donors (Lipinski definition) is 2. The van der Waals surface area contributed by atoms with Gasteiger partial charge in [0.05, 0.1) is 6.54 Å². The molecule has 1 atom stereocenters. The number of amidine groups is 2. The number of benzene rings is 2. The highest BCUT2D eigenvalue weighted by atomic mass is 35.5. The van der Waals surface area contributed by atoms with Gasteiger partial charge in [0.15, 0.2) is 0 Å². The van der Waals surface area contributed by atoms with E-state index in [1.807, 2.05) is 31.2 Å². The topological polar surface area (TPSA) is 58.0 Å². The van der Waals surface area contributed by atoms with Crippen molar-refractivity contribution in [3.63, 3.8) is 0 Å². The lowest BCUT2D eigenvalue weighted by atomic mass is 10.1. The maximum absolute atomic E-state index is 14.1. The highest BCUT2D eigenvalue weighted by molar-refractivity contribution is 6.30. The first kappa shape index (κ1) is 23.0. The summed E-state index contributed by atoms with van der Waals surface area (Å²) < 4.78 is 19.9. The molecule has 0 bridgehead atoms. The average Bonchev–Trinajstić information content (AvgIpc) is 3.27. The summed E-state index contributed by atoms with van der Waals surface area (Å²) in [5, 5.41) is 7.00. The third kappa shape index (κ3) is 6.64. The Labute approximate surface area is 188 Å². The fraction of sp³-hybridized carbons (Fsp3) is 0.333. The van der Waals surface area contributed by atoms with E-state index in [0.717, 1.165) is 29.9 Å². The summed E-state index contributed by atoms with van der Waals surface area (Å²) in [4.78, 5) is 8.84. The fourth-order valence-electron chi connectivity index (χ4n) is 3.27. The molecule has 31 heavy (non-hydrogen) atoms. The maximum atomic E-state index is 14.1. The molecule has 5 nitrogen and oxygen atoms in total. The third-order valence-electron chi connectivity index (χ3n) is 5.03. The second kappa shape index (κ2) is 11.1. The van der Waals surface area contributed by atoms with Gasteiger partial charge in [0.25, 0.3) is 0 Å². The van der Waals surface area contributed by atoms with Crippen LogP contribution in [0, 0.1) is 5.82 Å². The van der Waals surface area contributed by atoms with Gasteiger partial charge in [-0.15, -0.1) is 0 Å². The molecule has 1 unspecified atom stereocenters. The molecular formula is C24H28ClFN4O. The summed E-state index contributed by atoms with van der Waals surface area (Å²) in [5.74, 6) is 1.62. The van der Waals surface area contributed by atoms with Crippen molar-refractivity contribution < 1.29 is 9.13 Å². The van der Waals surface area contributed by atoms with Gasteiger partial charge < -0.3 is 15.4 Å². The Hall–Kier alpha value is -2.70. The number of ether oxygens (including phenoxy) is 1. The standard InChI is InChI=1S/C24H28ClFN4O/c1-16(2)23(29-14-18-6-9-19(25)13-22(18)26)30-24(27-3)17-7-10-21(11-8-17)31-15-20-5-4-12-28-20/h6-11,13,20,28H,1,4-5,12,14-15H2,2-3H3,(H,27,29,30). The van der Waals surface area contributed by atoms with Gasteiger partial charge in [-0.1, -0.05) is 24.2 Å². The fourth-order valence-corrected chi connectivity index (χ4v) is 3.43. The van der Waals surface area contributed by atoms with E-state index in [9.17, 15) is 4.39 Å². The van der Waals surface area contributed by atoms with Gasteiger partial charge in [-0.2, -0.15) is 0 Å². The molecule has 0 amide bonds. The Morgan fingerprint density at radius 2 is 2.06 bits per heavy atom. The third-order valence-corrected chi connectivity index (χ3v) is 5.26. The zero-order valence-electron chi connectivity index (χ0n) is 17.9. The van der Waals surface area contributed by atoms with E-state index >= 15 is 0 Å². The van der Waals surface area contributed by atoms with Crippen LogP contribution in [0.3, 0.4) is 0 Å². The van der Waals surface area contributed by atoms with Crippen molar-refractivity contribution in [3.8, 4) is 5.75 Å². The van der Waals surface area contributed by atoms with Crippen LogP contribution in [-0.2, 0) is 6.54 Å². The predicted molar refractivity (Wildman–Crippen MR) is 126 cm³/mol. The van der Waals surface area contributed by atoms with Crippen LogP contribution in [0.15, 0.2) is 64.6 Å². The number of nitrogens with zero attached hydrogens (tertiary/aromatic N) is 2. The molecule has 7 heteroatoms. The smallest absolute Gasteiger partial charge is 0.133 e. The van der Waals surface area contributed by atoms with Gasteiger partial charge in [-0.3, -0.25) is 9.98 Å². The molecule has 1 aliphatic heterocycles. The predicted octanol–water partition coefficient (Wildman–Crippen LogP) is 4.75. The van der Waals surface area contributed by atoms with Crippen molar-refractivity contribution in [2.75, 3.05) is 20.2 Å². The minimum absolute atomic E-state index is 0.164. The minimum Gasteiger partial charge on any atom is -0.492 e. The highest BCUT2D eigenvalue weighted by Crippen LogP contribution is 2.17. The monoisotopic (exact) mass is 442 g/mol. The lowest BCUT2D eigenvalue weighted by Gasteiger charge is -2.14. The maximum Gasteiger partial charge on any atom is 0.133 e. The van der Waals surface area contributed by atoms with Crippen LogP contribution in [0.2, 0.25) is 5.02 Å². The molecule has 0 aliphatic carbocycles. The minimum atomic E-state index is -0.384. The number of hydrogen-bond acceptors (Lipinski definition) is 4. The quantitative estimate of drug-likeness (QED) is 0.480.